The minimum absolute atomic E-state index is 0.429. The Morgan fingerprint density at radius 3 is 2.50 bits per heavy atom. The summed E-state index contributed by atoms with van der Waals surface area (Å²) in [6.07, 6.45) is 5.11. The second-order valence-corrected chi connectivity index (χ2v) is 7.02. The van der Waals surface area contributed by atoms with E-state index in [0.29, 0.717) is 5.41 Å². The topological polar surface area (TPSA) is 18.5 Å². The number of nitrogens with one attached hydrogen (secondary N) is 1. The van der Waals surface area contributed by atoms with Crippen LogP contribution in [0.15, 0.2) is 0 Å². The molecule has 3 heteroatoms. The van der Waals surface area contributed by atoms with Gasteiger partial charge in [-0.2, -0.15) is 0 Å². The average molecular weight is 284 g/mol. The lowest BCUT2D eigenvalue weighted by molar-refractivity contribution is 0.0580. The number of rotatable bonds is 9. The molecule has 1 aliphatic rings. The van der Waals surface area contributed by atoms with E-state index in [4.69, 9.17) is 0 Å². The molecule has 0 amide bonds. The Labute approximate surface area is 127 Å². The third-order valence-electron chi connectivity index (χ3n) is 4.77. The van der Waals surface area contributed by atoms with E-state index in [-0.39, 0.29) is 0 Å². The monoisotopic (exact) mass is 283 g/mol. The third kappa shape index (κ3) is 5.71. The highest BCUT2D eigenvalue weighted by Gasteiger charge is 2.30. The maximum atomic E-state index is 3.65. The Hall–Kier alpha value is -0.120. The van der Waals surface area contributed by atoms with Gasteiger partial charge >= 0.3 is 0 Å². The molecule has 1 rings (SSSR count). The molecule has 0 bridgehead atoms. The fourth-order valence-corrected chi connectivity index (χ4v) is 3.53. The quantitative estimate of drug-likeness (QED) is 0.657. The normalized spacial score (nSPS) is 24.8. The highest BCUT2D eigenvalue weighted by molar-refractivity contribution is 4.86. The molecule has 0 aromatic rings. The number of nitrogens with zero attached hydrogens (tertiary/aromatic N) is 2. The summed E-state index contributed by atoms with van der Waals surface area (Å²) in [4.78, 5) is 5.24. The van der Waals surface area contributed by atoms with Crippen molar-refractivity contribution in [3.63, 3.8) is 0 Å². The minimum atomic E-state index is 0.429. The van der Waals surface area contributed by atoms with Crippen molar-refractivity contribution in [3.05, 3.63) is 0 Å². The van der Waals surface area contributed by atoms with Gasteiger partial charge in [-0.1, -0.05) is 34.1 Å². The summed E-state index contributed by atoms with van der Waals surface area (Å²) in [6.45, 7) is 16.6. The van der Waals surface area contributed by atoms with Gasteiger partial charge in [0.2, 0.25) is 0 Å². The van der Waals surface area contributed by atoms with Crippen LogP contribution in [0.25, 0.3) is 0 Å². The Bertz CT molecular complexity index is 257. The van der Waals surface area contributed by atoms with Gasteiger partial charge in [-0.15, -0.1) is 0 Å². The van der Waals surface area contributed by atoms with Gasteiger partial charge in [-0.05, 0) is 38.3 Å². The van der Waals surface area contributed by atoms with Crippen molar-refractivity contribution >= 4 is 0 Å². The number of hydrogen-bond acceptors (Lipinski definition) is 3. The molecule has 1 aliphatic heterocycles. The van der Waals surface area contributed by atoms with Crippen LogP contribution in [0.2, 0.25) is 0 Å². The van der Waals surface area contributed by atoms with Crippen LogP contribution in [0.1, 0.15) is 53.4 Å². The van der Waals surface area contributed by atoms with Gasteiger partial charge in [0.15, 0.2) is 0 Å². The molecule has 0 saturated carbocycles. The first-order valence-electron chi connectivity index (χ1n) is 8.68. The van der Waals surface area contributed by atoms with E-state index in [0.717, 1.165) is 19.1 Å². The lowest BCUT2D eigenvalue weighted by Gasteiger charge is -2.43. The zero-order valence-corrected chi connectivity index (χ0v) is 14.5. The molecule has 0 aromatic carbocycles. The Balaban J connectivity index is 2.51. The van der Waals surface area contributed by atoms with E-state index in [2.05, 4.69) is 49.9 Å². The fourth-order valence-electron chi connectivity index (χ4n) is 3.53. The smallest absolute Gasteiger partial charge is 0.0218 e. The molecule has 0 aliphatic carbocycles. The molecular weight excluding hydrogens is 246 g/mol. The van der Waals surface area contributed by atoms with E-state index < -0.39 is 0 Å². The van der Waals surface area contributed by atoms with Crippen molar-refractivity contribution in [1.29, 1.82) is 0 Å². The molecule has 0 aromatic heterocycles. The van der Waals surface area contributed by atoms with E-state index in [9.17, 15) is 0 Å². The molecule has 3 nitrogen and oxygen atoms in total. The summed E-state index contributed by atoms with van der Waals surface area (Å²) in [7, 11) is 2.28. The van der Waals surface area contributed by atoms with E-state index in [1.54, 1.807) is 0 Å². The Morgan fingerprint density at radius 2 is 1.90 bits per heavy atom. The van der Waals surface area contributed by atoms with Crippen LogP contribution in [0.4, 0.5) is 0 Å². The molecule has 1 saturated heterocycles. The molecule has 2 unspecified atom stereocenters. The largest absolute Gasteiger partial charge is 0.316 e. The SMILES string of the molecule is CCCNCC(C)(CCC)CN1CCN(C)C(CC)C1. The van der Waals surface area contributed by atoms with Crippen LogP contribution in [0.5, 0.6) is 0 Å². The zero-order chi connectivity index (χ0) is 15.0. The van der Waals surface area contributed by atoms with Gasteiger partial charge in [0.25, 0.3) is 0 Å². The molecule has 1 N–H and O–H groups in total. The molecule has 1 fully saturated rings. The highest BCUT2D eigenvalue weighted by Crippen LogP contribution is 2.25. The molecule has 2 atom stereocenters. The van der Waals surface area contributed by atoms with Crippen molar-refractivity contribution in [2.45, 2.75) is 59.4 Å². The van der Waals surface area contributed by atoms with Crippen LogP contribution < -0.4 is 5.32 Å². The highest BCUT2D eigenvalue weighted by atomic mass is 15.3. The van der Waals surface area contributed by atoms with E-state index in [1.807, 2.05) is 0 Å². The summed E-state index contributed by atoms with van der Waals surface area (Å²) in [5, 5.41) is 3.65. The second-order valence-electron chi connectivity index (χ2n) is 7.02. The lowest BCUT2D eigenvalue weighted by Crippen LogP contribution is -2.54. The Morgan fingerprint density at radius 1 is 1.15 bits per heavy atom. The maximum absolute atomic E-state index is 3.65. The summed E-state index contributed by atoms with van der Waals surface area (Å²) in [5.74, 6) is 0. The van der Waals surface area contributed by atoms with Crippen molar-refractivity contribution in [3.8, 4) is 0 Å². The number of piperazine rings is 1. The molecule has 0 radical (unpaired) electrons. The molecule has 20 heavy (non-hydrogen) atoms. The van der Waals surface area contributed by atoms with Gasteiger partial charge in [-0.25, -0.2) is 0 Å². The first kappa shape index (κ1) is 17.9. The predicted octanol–water partition coefficient (Wildman–Crippen LogP) is 2.82. The summed E-state index contributed by atoms with van der Waals surface area (Å²) in [6, 6.07) is 0.748. The zero-order valence-electron chi connectivity index (χ0n) is 14.5. The van der Waals surface area contributed by atoms with Gasteiger partial charge < -0.3 is 10.2 Å². The average Bonchev–Trinajstić information content (AvgIpc) is 2.41. The Kier molecular flexibility index (Phi) is 8.08. The number of likely N-dealkylation sites (N-methyl/N-ethyl adjacent to an activating group) is 1. The van der Waals surface area contributed by atoms with Gasteiger partial charge in [0, 0.05) is 38.8 Å². The van der Waals surface area contributed by atoms with Gasteiger partial charge in [0.05, 0.1) is 0 Å². The number of hydrogen-bond donors (Lipinski definition) is 1. The second kappa shape index (κ2) is 9.01. The maximum Gasteiger partial charge on any atom is 0.0218 e. The molecular formula is C17H37N3. The minimum Gasteiger partial charge on any atom is -0.316 e. The lowest BCUT2D eigenvalue weighted by atomic mass is 9.84. The van der Waals surface area contributed by atoms with Crippen molar-refractivity contribution in [2.24, 2.45) is 5.41 Å². The van der Waals surface area contributed by atoms with Crippen LogP contribution >= 0.6 is 0 Å². The summed E-state index contributed by atoms with van der Waals surface area (Å²) in [5.41, 5.74) is 0.429. The standard InChI is InChI=1S/C17H37N3/c1-6-9-17(4,14-18-10-7-2)15-20-12-11-19(5)16(8-3)13-20/h16,18H,6-15H2,1-5H3. The first-order valence-corrected chi connectivity index (χ1v) is 8.68. The van der Waals surface area contributed by atoms with Crippen LogP contribution in [-0.4, -0.2) is 62.2 Å². The summed E-state index contributed by atoms with van der Waals surface area (Å²) >= 11 is 0. The van der Waals surface area contributed by atoms with Crippen molar-refractivity contribution in [2.75, 3.05) is 46.3 Å². The molecule has 120 valence electrons. The fraction of sp³-hybridized carbons (Fsp3) is 1.00. The molecule has 1 heterocycles. The van der Waals surface area contributed by atoms with E-state index >= 15 is 0 Å². The van der Waals surface area contributed by atoms with Crippen LogP contribution in [-0.2, 0) is 0 Å². The van der Waals surface area contributed by atoms with Crippen molar-refractivity contribution < 1.29 is 0 Å². The molecule has 0 spiro atoms. The predicted molar refractivity (Wildman–Crippen MR) is 89.3 cm³/mol. The van der Waals surface area contributed by atoms with E-state index in [1.165, 1.54) is 51.9 Å². The van der Waals surface area contributed by atoms with Gasteiger partial charge in [-0.3, -0.25) is 4.90 Å². The first-order chi connectivity index (χ1) is 9.54. The van der Waals surface area contributed by atoms with Crippen LogP contribution in [0, 0.1) is 5.41 Å². The third-order valence-corrected chi connectivity index (χ3v) is 4.77. The van der Waals surface area contributed by atoms with Gasteiger partial charge in [0.1, 0.15) is 0 Å². The van der Waals surface area contributed by atoms with Crippen molar-refractivity contribution in [1.82, 2.24) is 15.1 Å². The summed E-state index contributed by atoms with van der Waals surface area (Å²) < 4.78 is 0. The van der Waals surface area contributed by atoms with Crippen LogP contribution in [0.3, 0.4) is 0 Å².